The number of hydrogen-bond acceptors (Lipinski definition) is 2. The van der Waals surface area contributed by atoms with Crippen LogP contribution in [0.5, 0.6) is 0 Å². The van der Waals surface area contributed by atoms with Crippen molar-refractivity contribution in [2.75, 3.05) is 18.6 Å². The molecule has 4 heteroatoms. The Morgan fingerprint density at radius 2 is 2.06 bits per heavy atom. The smallest absolute Gasteiger partial charge is 0.0640 e. The summed E-state index contributed by atoms with van der Waals surface area (Å²) in [6, 6.07) is 6.21. The van der Waals surface area contributed by atoms with E-state index in [9.17, 15) is 0 Å². The van der Waals surface area contributed by atoms with Crippen molar-refractivity contribution in [3.05, 3.63) is 33.8 Å². The van der Waals surface area contributed by atoms with Crippen molar-refractivity contribution < 1.29 is 0 Å². The lowest BCUT2D eigenvalue weighted by Crippen LogP contribution is -2.22. The monoisotopic (exact) mass is 303 g/mol. The van der Waals surface area contributed by atoms with Gasteiger partial charge in [-0.2, -0.15) is 11.8 Å². The lowest BCUT2D eigenvalue weighted by Gasteiger charge is -2.27. The summed E-state index contributed by atoms with van der Waals surface area (Å²) in [6.07, 6.45) is 3.79. The first-order valence-electron chi connectivity index (χ1n) is 6.41. The molecule has 0 radical (unpaired) electrons. The van der Waals surface area contributed by atoms with E-state index in [1.165, 1.54) is 24.3 Å². The van der Waals surface area contributed by atoms with Crippen LogP contribution in [0.2, 0.25) is 10.0 Å². The van der Waals surface area contributed by atoms with Gasteiger partial charge in [-0.3, -0.25) is 0 Å². The van der Waals surface area contributed by atoms with Crippen LogP contribution in [0.3, 0.4) is 0 Å². The molecule has 1 aliphatic heterocycles. The third-order valence-electron chi connectivity index (χ3n) is 3.62. The topological polar surface area (TPSA) is 12.0 Å². The van der Waals surface area contributed by atoms with Gasteiger partial charge < -0.3 is 5.32 Å². The third kappa shape index (κ3) is 3.57. The molecular formula is C14H19Cl2NS. The SMILES string of the molecule is CNC(CC1CCSCC1)c1cccc(Cl)c1Cl. The number of benzene rings is 1. The molecule has 0 aliphatic carbocycles. The van der Waals surface area contributed by atoms with Crippen molar-refractivity contribution in [2.45, 2.75) is 25.3 Å². The molecule has 1 atom stereocenters. The van der Waals surface area contributed by atoms with Crippen LogP contribution in [0.4, 0.5) is 0 Å². The molecule has 2 rings (SSSR count). The van der Waals surface area contributed by atoms with E-state index < -0.39 is 0 Å². The van der Waals surface area contributed by atoms with Gasteiger partial charge in [-0.25, -0.2) is 0 Å². The van der Waals surface area contributed by atoms with Crippen LogP contribution in [0, 0.1) is 5.92 Å². The van der Waals surface area contributed by atoms with Crippen LogP contribution < -0.4 is 5.32 Å². The highest BCUT2D eigenvalue weighted by atomic mass is 35.5. The van der Waals surface area contributed by atoms with Crippen LogP contribution in [-0.2, 0) is 0 Å². The molecule has 1 heterocycles. The van der Waals surface area contributed by atoms with Crippen LogP contribution in [0.15, 0.2) is 18.2 Å². The Bertz CT molecular complexity index is 391. The molecule has 1 saturated heterocycles. The van der Waals surface area contributed by atoms with Gasteiger partial charge in [-0.1, -0.05) is 35.3 Å². The maximum atomic E-state index is 6.31. The molecule has 1 aliphatic rings. The summed E-state index contributed by atoms with van der Waals surface area (Å²) in [5.41, 5.74) is 1.13. The predicted octanol–water partition coefficient (Wildman–Crippen LogP) is 4.79. The number of nitrogens with one attached hydrogen (secondary N) is 1. The van der Waals surface area contributed by atoms with Gasteiger partial charge in [-0.05, 0) is 55.4 Å². The van der Waals surface area contributed by atoms with Crippen LogP contribution in [0.25, 0.3) is 0 Å². The van der Waals surface area contributed by atoms with E-state index >= 15 is 0 Å². The van der Waals surface area contributed by atoms with Crippen molar-refractivity contribution in [3.8, 4) is 0 Å². The van der Waals surface area contributed by atoms with E-state index in [1.54, 1.807) is 0 Å². The Balaban J connectivity index is 2.09. The van der Waals surface area contributed by atoms with Crippen LogP contribution in [0.1, 0.15) is 30.9 Å². The van der Waals surface area contributed by atoms with E-state index in [4.69, 9.17) is 23.2 Å². The molecule has 18 heavy (non-hydrogen) atoms. The average molecular weight is 304 g/mol. The van der Waals surface area contributed by atoms with Gasteiger partial charge >= 0.3 is 0 Å². The molecule has 100 valence electrons. The fraction of sp³-hybridized carbons (Fsp3) is 0.571. The fourth-order valence-electron chi connectivity index (χ4n) is 2.51. The van der Waals surface area contributed by atoms with E-state index in [1.807, 2.05) is 19.2 Å². The second-order valence-electron chi connectivity index (χ2n) is 4.78. The van der Waals surface area contributed by atoms with E-state index in [0.29, 0.717) is 16.1 Å². The summed E-state index contributed by atoms with van der Waals surface area (Å²) in [4.78, 5) is 0. The van der Waals surface area contributed by atoms with Crippen LogP contribution >= 0.6 is 35.0 Å². The van der Waals surface area contributed by atoms with Gasteiger partial charge in [0.2, 0.25) is 0 Å². The van der Waals surface area contributed by atoms with Crippen molar-refractivity contribution in [3.63, 3.8) is 0 Å². The van der Waals surface area contributed by atoms with Gasteiger partial charge in [-0.15, -0.1) is 0 Å². The molecule has 1 fully saturated rings. The third-order valence-corrected chi connectivity index (χ3v) is 5.50. The van der Waals surface area contributed by atoms with Gasteiger partial charge in [0.15, 0.2) is 0 Å². The Kier molecular flexibility index (Phi) is 5.68. The highest BCUT2D eigenvalue weighted by Gasteiger charge is 2.21. The molecule has 1 N–H and O–H groups in total. The van der Waals surface area contributed by atoms with Gasteiger partial charge in [0, 0.05) is 6.04 Å². The largest absolute Gasteiger partial charge is 0.313 e. The standard InChI is InChI=1S/C14H19Cl2NS/c1-17-13(9-10-5-7-18-8-6-10)11-3-2-4-12(15)14(11)16/h2-4,10,13,17H,5-9H2,1H3. The Morgan fingerprint density at radius 1 is 1.33 bits per heavy atom. The minimum atomic E-state index is 0.310. The van der Waals surface area contributed by atoms with E-state index in [-0.39, 0.29) is 0 Å². The Morgan fingerprint density at radius 3 is 2.72 bits per heavy atom. The highest BCUT2D eigenvalue weighted by Crippen LogP contribution is 2.35. The van der Waals surface area contributed by atoms with Crippen molar-refractivity contribution in [2.24, 2.45) is 5.92 Å². The lowest BCUT2D eigenvalue weighted by atomic mass is 9.91. The molecule has 1 unspecified atom stereocenters. The second kappa shape index (κ2) is 7.04. The fourth-order valence-corrected chi connectivity index (χ4v) is 4.15. The molecule has 0 bridgehead atoms. The molecule has 0 spiro atoms. The molecular weight excluding hydrogens is 285 g/mol. The molecule has 0 saturated carbocycles. The molecule has 0 amide bonds. The zero-order chi connectivity index (χ0) is 13.0. The summed E-state index contributed by atoms with van der Waals surface area (Å²) in [7, 11) is 2.00. The molecule has 0 aromatic heterocycles. The minimum Gasteiger partial charge on any atom is -0.313 e. The van der Waals surface area contributed by atoms with Crippen molar-refractivity contribution in [1.29, 1.82) is 0 Å². The summed E-state index contributed by atoms with van der Waals surface area (Å²) >= 11 is 14.5. The van der Waals surface area contributed by atoms with Crippen molar-refractivity contribution >= 4 is 35.0 Å². The summed E-state index contributed by atoms with van der Waals surface area (Å²) < 4.78 is 0. The number of hydrogen-bond donors (Lipinski definition) is 1. The first kappa shape index (κ1) is 14.5. The maximum Gasteiger partial charge on any atom is 0.0640 e. The lowest BCUT2D eigenvalue weighted by molar-refractivity contribution is 0.384. The number of halogens is 2. The zero-order valence-electron chi connectivity index (χ0n) is 10.6. The van der Waals surface area contributed by atoms with E-state index in [0.717, 1.165) is 17.9 Å². The molecule has 1 aromatic carbocycles. The second-order valence-corrected chi connectivity index (χ2v) is 6.79. The molecule has 1 nitrogen and oxygen atoms in total. The van der Waals surface area contributed by atoms with Gasteiger partial charge in [0.1, 0.15) is 0 Å². The summed E-state index contributed by atoms with van der Waals surface area (Å²) in [6.45, 7) is 0. The quantitative estimate of drug-likeness (QED) is 0.858. The Labute approximate surface area is 124 Å². The first-order valence-corrected chi connectivity index (χ1v) is 8.32. The zero-order valence-corrected chi connectivity index (χ0v) is 12.9. The highest BCUT2D eigenvalue weighted by molar-refractivity contribution is 7.99. The first-order chi connectivity index (χ1) is 8.72. The predicted molar refractivity (Wildman–Crippen MR) is 82.9 cm³/mol. The van der Waals surface area contributed by atoms with Gasteiger partial charge in [0.05, 0.1) is 10.0 Å². The van der Waals surface area contributed by atoms with Crippen LogP contribution in [-0.4, -0.2) is 18.6 Å². The maximum absolute atomic E-state index is 6.31. The number of rotatable bonds is 4. The van der Waals surface area contributed by atoms with E-state index in [2.05, 4.69) is 23.1 Å². The van der Waals surface area contributed by atoms with Gasteiger partial charge in [0.25, 0.3) is 0 Å². The minimum absolute atomic E-state index is 0.310. The van der Waals surface area contributed by atoms with Crippen molar-refractivity contribution in [1.82, 2.24) is 5.32 Å². The number of thioether (sulfide) groups is 1. The molecule has 1 aromatic rings. The summed E-state index contributed by atoms with van der Waals surface area (Å²) in [5.74, 6) is 3.40. The Hall–Kier alpha value is 0.110. The average Bonchev–Trinajstić information content (AvgIpc) is 2.41. The normalized spacial score (nSPS) is 18.8. The summed E-state index contributed by atoms with van der Waals surface area (Å²) in [5, 5.41) is 4.73.